The van der Waals surface area contributed by atoms with Gasteiger partial charge in [0.1, 0.15) is 5.75 Å². The maximum absolute atomic E-state index is 10.5. The molecule has 0 saturated heterocycles. The zero-order valence-corrected chi connectivity index (χ0v) is 10.3. The normalized spacial score (nSPS) is 18.1. The molecular weight excluding hydrogens is 200 g/mol. The van der Waals surface area contributed by atoms with Crippen LogP contribution in [0.5, 0.6) is 5.75 Å². The predicted molar refractivity (Wildman–Crippen MR) is 64.7 cm³/mol. The van der Waals surface area contributed by atoms with Crippen LogP contribution in [0, 0.1) is 5.92 Å². The molecule has 0 saturated carbocycles. The first-order valence-electron chi connectivity index (χ1n) is 5.98. The summed E-state index contributed by atoms with van der Waals surface area (Å²) in [6.45, 7) is 6.87. The number of ether oxygens (including phenoxy) is 1. The minimum atomic E-state index is -0.788. The molecule has 1 aromatic rings. The van der Waals surface area contributed by atoms with E-state index in [4.69, 9.17) is 4.74 Å². The Kier molecular flexibility index (Phi) is 2.94. The van der Waals surface area contributed by atoms with Gasteiger partial charge >= 0.3 is 0 Å². The summed E-state index contributed by atoms with van der Waals surface area (Å²) in [5.74, 6) is 1.38. The van der Waals surface area contributed by atoms with Gasteiger partial charge in [0.05, 0.1) is 12.2 Å². The highest BCUT2D eigenvalue weighted by atomic mass is 16.5. The molecule has 1 atom stereocenters. The molecule has 2 nitrogen and oxygen atoms in total. The van der Waals surface area contributed by atoms with Gasteiger partial charge in [-0.05, 0) is 24.8 Å². The Morgan fingerprint density at radius 2 is 2.19 bits per heavy atom. The summed E-state index contributed by atoms with van der Waals surface area (Å²) < 4.78 is 5.64. The predicted octanol–water partition coefficient (Wildman–Crippen LogP) is 2.88. The quantitative estimate of drug-likeness (QED) is 0.848. The summed E-state index contributed by atoms with van der Waals surface area (Å²) in [6.07, 6.45) is 1.72. The summed E-state index contributed by atoms with van der Waals surface area (Å²) in [6, 6.07) is 6.07. The highest BCUT2D eigenvalue weighted by Crippen LogP contribution is 2.39. The fraction of sp³-hybridized carbons (Fsp3) is 0.571. The fourth-order valence-electron chi connectivity index (χ4n) is 2.54. The molecule has 2 rings (SSSR count). The minimum Gasteiger partial charge on any atom is -0.493 e. The molecule has 1 heterocycles. The van der Waals surface area contributed by atoms with Gasteiger partial charge in [0.2, 0.25) is 0 Å². The van der Waals surface area contributed by atoms with Gasteiger partial charge in [0, 0.05) is 12.0 Å². The monoisotopic (exact) mass is 220 g/mol. The lowest BCUT2D eigenvalue weighted by Crippen LogP contribution is -2.24. The summed E-state index contributed by atoms with van der Waals surface area (Å²) in [5, 5.41) is 10.5. The van der Waals surface area contributed by atoms with Crippen LogP contribution in [0.15, 0.2) is 18.2 Å². The van der Waals surface area contributed by atoms with Crippen molar-refractivity contribution >= 4 is 0 Å². The summed E-state index contributed by atoms with van der Waals surface area (Å²) in [4.78, 5) is 0. The minimum absolute atomic E-state index is 0.465. The number of fused-ring (bicyclic) bond motifs is 1. The van der Waals surface area contributed by atoms with E-state index in [-0.39, 0.29) is 0 Å². The van der Waals surface area contributed by atoms with Gasteiger partial charge in [-0.1, -0.05) is 32.0 Å². The van der Waals surface area contributed by atoms with Crippen molar-refractivity contribution in [2.45, 2.75) is 39.2 Å². The van der Waals surface area contributed by atoms with Crippen LogP contribution in [-0.2, 0) is 12.0 Å². The second-order valence-corrected chi connectivity index (χ2v) is 5.26. The third-order valence-electron chi connectivity index (χ3n) is 3.10. The Hall–Kier alpha value is -1.02. The average molecular weight is 220 g/mol. The standard InChI is InChI=1S/C14H20O2/c1-10(2)9-14(3,15)12-6-4-5-11-7-8-16-13(11)12/h4-6,10,15H,7-9H2,1-3H3. The van der Waals surface area contributed by atoms with Crippen LogP contribution in [0.2, 0.25) is 0 Å². The molecule has 1 aromatic carbocycles. The van der Waals surface area contributed by atoms with Crippen LogP contribution in [0.25, 0.3) is 0 Å². The van der Waals surface area contributed by atoms with Crippen molar-refractivity contribution in [2.24, 2.45) is 5.92 Å². The van der Waals surface area contributed by atoms with Gasteiger partial charge in [0.25, 0.3) is 0 Å². The lowest BCUT2D eigenvalue weighted by molar-refractivity contribution is 0.0325. The topological polar surface area (TPSA) is 29.5 Å². The smallest absolute Gasteiger partial charge is 0.128 e. The van der Waals surface area contributed by atoms with Crippen LogP contribution < -0.4 is 4.74 Å². The maximum atomic E-state index is 10.5. The molecule has 1 unspecified atom stereocenters. The van der Waals surface area contributed by atoms with Crippen LogP contribution in [0.4, 0.5) is 0 Å². The second-order valence-electron chi connectivity index (χ2n) is 5.26. The molecule has 0 spiro atoms. The van der Waals surface area contributed by atoms with Gasteiger partial charge < -0.3 is 9.84 Å². The van der Waals surface area contributed by atoms with Crippen molar-refractivity contribution in [3.05, 3.63) is 29.3 Å². The van der Waals surface area contributed by atoms with Crippen LogP contribution >= 0.6 is 0 Å². The number of hydrogen-bond donors (Lipinski definition) is 1. The van der Waals surface area contributed by atoms with Gasteiger partial charge in [0.15, 0.2) is 0 Å². The van der Waals surface area contributed by atoms with E-state index in [1.54, 1.807) is 0 Å². The van der Waals surface area contributed by atoms with E-state index in [1.165, 1.54) is 5.56 Å². The van der Waals surface area contributed by atoms with E-state index in [9.17, 15) is 5.11 Å². The number of rotatable bonds is 3. The lowest BCUT2D eigenvalue weighted by atomic mass is 9.86. The van der Waals surface area contributed by atoms with Gasteiger partial charge in [-0.25, -0.2) is 0 Å². The second kappa shape index (κ2) is 4.10. The Balaban J connectivity index is 2.36. The largest absolute Gasteiger partial charge is 0.493 e. The Bertz CT molecular complexity index is 380. The van der Waals surface area contributed by atoms with E-state index >= 15 is 0 Å². The molecule has 1 N–H and O–H groups in total. The lowest BCUT2D eigenvalue weighted by Gasteiger charge is -2.27. The Labute approximate surface area is 97.3 Å². The number of para-hydroxylation sites is 1. The molecule has 0 aromatic heterocycles. The highest BCUT2D eigenvalue weighted by Gasteiger charge is 2.30. The fourth-order valence-corrected chi connectivity index (χ4v) is 2.54. The molecule has 2 heteroatoms. The molecule has 0 radical (unpaired) electrons. The van der Waals surface area contributed by atoms with Gasteiger partial charge in [-0.3, -0.25) is 0 Å². The average Bonchev–Trinajstić information content (AvgIpc) is 2.62. The number of hydrogen-bond acceptors (Lipinski definition) is 2. The molecular formula is C14H20O2. The van der Waals surface area contributed by atoms with Crippen molar-refractivity contribution in [3.63, 3.8) is 0 Å². The first-order valence-corrected chi connectivity index (χ1v) is 5.98. The van der Waals surface area contributed by atoms with Crippen molar-refractivity contribution in [1.82, 2.24) is 0 Å². The summed E-state index contributed by atoms with van der Waals surface area (Å²) in [5.41, 5.74) is 1.38. The molecule has 1 aliphatic rings. The number of aliphatic hydroxyl groups is 1. The van der Waals surface area contributed by atoms with Gasteiger partial charge in [-0.15, -0.1) is 0 Å². The van der Waals surface area contributed by atoms with Crippen LogP contribution in [-0.4, -0.2) is 11.7 Å². The first kappa shape index (κ1) is 11.5. The summed E-state index contributed by atoms with van der Waals surface area (Å²) >= 11 is 0. The number of benzene rings is 1. The molecule has 16 heavy (non-hydrogen) atoms. The van der Waals surface area contributed by atoms with Crippen molar-refractivity contribution in [1.29, 1.82) is 0 Å². The van der Waals surface area contributed by atoms with E-state index in [2.05, 4.69) is 19.9 Å². The SMILES string of the molecule is CC(C)CC(C)(O)c1cccc2c1OCC2. The van der Waals surface area contributed by atoms with Crippen molar-refractivity contribution in [2.75, 3.05) is 6.61 Å². The highest BCUT2D eigenvalue weighted by molar-refractivity contribution is 5.46. The molecule has 88 valence electrons. The molecule has 1 aliphatic heterocycles. The zero-order chi connectivity index (χ0) is 11.8. The van der Waals surface area contributed by atoms with E-state index in [1.807, 2.05) is 19.1 Å². The zero-order valence-electron chi connectivity index (χ0n) is 10.3. The third kappa shape index (κ3) is 2.07. The molecule has 0 fully saturated rings. The third-order valence-corrected chi connectivity index (χ3v) is 3.10. The Morgan fingerprint density at radius 3 is 2.88 bits per heavy atom. The maximum Gasteiger partial charge on any atom is 0.128 e. The summed E-state index contributed by atoms with van der Waals surface area (Å²) in [7, 11) is 0. The van der Waals surface area contributed by atoms with Crippen molar-refractivity contribution < 1.29 is 9.84 Å². The Morgan fingerprint density at radius 1 is 1.44 bits per heavy atom. The molecule has 0 aliphatic carbocycles. The van der Waals surface area contributed by atoms with Crippen molar-refractivity contribution in [3.8, 4) is 5.75 Å². The van der Waals surface area contributed by atoms with E-state index in [0.29, 0.717) is 5.92 Å². The van der Waals surface area contributed by atoms with E-state index < -0.39 is 5.60 Å². The van der Waals surface area contributed by atoms with Crippen LogP contribution in [0.3, 0.4) is 0 Å². The molecule has 0 bridgehead atoms. The molecule has 0 amide bonds. The first-order chi connectivity index (χ1) is 7.50. The van der Waals surface area contributed by atoms with E-state index in [0.717, 1.165) is 30.8 Å². The van der Waals surface area contributed by atoms with Gasteiger partial charge in [-0.2, -0.15) is 0 Å². The van der Waals surface area contributed by atoms with Crippen LogP contribution in [0.1, 0.15) is 38.3 Å².